The summed E-state index contributed by atoms with van der Waals surface area (Å²) in [6.07, 6.45) is 1.29. The van der Waals surface area contributed by atoms with Crippen LogP contribution >= 0.6 is 11.3 Å². The van der Waals surface area contributed by atoms with Crippen LogP contribution in [-0.2, 0) is 4.79 Å². The Morgan fingerprint density at radius 2 is 2.04 bits per heavy atom. The molecule has 1 saturated heterocycles. The van der Waals surface area contributed by atoms with Gasteiger partial charge < -0.3 is 19.7 Å². The molecule has 0 aliphatic carbocycles. The summed E-state index contributed by atoms with van der Waals surface area (Å²) < 4.78 is 11.5. The third-order valence-electron chi connectivity index (χ3n) is 4.62. The largest absolute Gasteiger partial charge is 0.486 e. The van der Waals surface area contributed by atoms with Gasteiger partial charge in [0, 0.05) is 6.54 Å². The van der Waals surface area contributed by atoms with Crippen molar-refractivity contribution >= 4 is 23.2 Å². The molecule has 7 heteroatoms. The maximum atomic E-state index is 12.6. The second kappa shape index (κ2) is 7.37. The fourth-order valence-corrected chi connectivity index (χ4v) is 4.00. The first-order valence-corrected chi connectivity index (χ1v) is 9.61. The van der Waals surface area contributed by atoms with Crippen molar-refractivity contribution in [1.29, 1.82) is 0 Å². The summed E-state index contributed by atoms with van der Waals surface area (Å²) >= 11 is 1.40. The zero-order valence-electron chi connectivity index (χ0n) is 14.2. The molecule has 1 aromatic carbocycles. The number of fused-ring (bicyclic) bond motifs is 1. The van der Waals surface area contributed by atoms with Crippen molar-refractivity contribution in [2.75, 3.05) is 19.7 Å². The molecule has 2 aliphatic rings. The number of hydrogen-bond donors (Lipinski definition) is 1. The molecular formula is C19H20N2O4S. The number of carbonyl (C=O) groups excluding carboxylic acids is 2. The lowest BCUT2D eigenvalue weighted by Crippen LogP contribution is -2.49. The zero-order chi connectivity index (χ0) is 17.9. The molecule has 26 heavy (non-hydrogen) atoms. The molecule has 0 spiro atoms. The molecule has 136 valence electrons. The summed E-state index contributed by atoms with van der Waals surface area (Å²) in [6, 6.07) is 10.7. The Bertz CT molecular complexity index is 793. The van der Waals surface area contributed by atoms with Gasteiger partial charge in [0.15, 0.2) is 11.5 Å². The van der Waals surface area contributed by atoms with E-state index in [0.717, 1.165) is 12.2 Å². The highest BCUT2D eigenvalue weighted by Crippen LogP contribution is 2.30. The lowest BCUT2D eigenvalue weighted by molar-refractivity contribution is -0.125. The second-order valence-electron chi connectivity index (χ2n) is 6.38. The Labute approximate surface area is 155 Å². The first-order valence-electron chi connectivity index (χ1n) is 8.73. The number of rotatable bonds is 4. The number of amides is 2. The normalized spacial score (nSPS) is 21.5. The summed E-state index contributed by atoms with van der Waals surface area (Å²) in [5.41, 5.74) is 0. The summed E-state index contributed by atoms with van der Waals surface area (Å²) in [6.45, 7) is 1.36. The van der Waals surface area contributed by atoms with E-state index >= 15 is 0 Å². The van der Waals surface area contributed by atoms with E-state index in [2.05, 4.69) is 5.32 Å². The number of para-hydroxylation sites is 2. The number of carbonyl (C=O) groups is 2. The molecule has 0 unspecified atom stereocenters. The highest BCUT2D eigenvalue weighted by Gasteiger charge is 2.35. The first-order chi connectivity index (χ1) is 12.7. The lowest BCUT2D eigenvalue weighted by Gasteiger charge is -2.28. The van der Waals surface area contributed by atoms with Crippen LogP contribution in [-0.4, -0.2) is 48.6 Å². The summed E-state index contributed by atoms with van der Waals surface area (Å²) in [5.74, 6) is 1.21. The fraction of sp³-hybridized carbons (Fsp3) is 0.368. The van der Waals surface area contributed by atoms with Gasteiger partial charge in [0.25, 0.3) is 5.91 Å². The van der Waals surface area contributed by atoms with Crippen LogP contribution in [0.1, 0.15) is 22.5 Å². The molecule has 1 fully saturated rings. The highest BCUT2D eigenvalue weighted by molar-refractivity contribution is 7.12. The third-order valence-corrected chi connectivity index (χ3v) is 5.48. The van der Waals surface area contributed by atoms with Gasteiger partial charge >= 0.3 is 0 Å². The SMILES string of the molecule is O=C(NC[C@@H]1COc2ccccc2O1)[C@H]1CCCN1C(=O)c1cccs1. The minimum Gasteiger partial charge on any atom is -0.486 e. The predicted molar refractivity (Wildman–Crippen MR) is 97.7 cm³/mol. The Kier molecular flexibility index (Phi) is 4.79. The van der Waals surface area contributed by atoms with Crippen LogP contribution in [0.3, 0.4) is 0 Å². The average molecular weight is 372 g/mol. The van der Waals surface area contributed by atoms with E-state index in [4.69, 9.17) is 9.47 Å². The molecular weight excluding hydrogens is 352 g/mol. The van der Waals surface area contributed by atoms with Crippen LogP contribution in [0.2, 0.25) is 0 Å². The Balaban J connectivity index is 1.34. The molecule has 0 bridgehead atoms. The molecule has 1 N–H and O–H groups in total. The van der Waals surface area contributed by atoms with Gasteiger partial charge in [-0.3, -0.25) is 9.59 Å². The quantitative estimate of drug-likeness (QED) is 0.894. The van der Waals surface area contributed by atoms with Gasteiger partial charge in [0.1, 0.15) is 18.8 Å². The number of thiophene rings is 1. The van der Waals surface area contributed by atoms with Gasteiger partial charge in [-0.1, -0.05) is 18.2 Å². The van der Waals surface area contributed by atoms with E-state index in [1.165, 1.54) is 11.3 Å². The average Bonchev–Trinajstić information content (AvgIpc) is 3.37. The predicted octanol–water partition coefficient (Wildman–Crippen LogP) is 2.31. The second-order valence-corrected chi connectivity index (χ2v) is 7.32. The van der Waals surface area contributed by atoms with Crippen molar-refractivity contribution in [3.05, 3.63) is 46.7 Å². The van der Waals surface area contributed by atoms with Gasteiger partial charge in [0.05, 0.1) is 11.4 Å². The highest BCUT2D eigenvalue weighted by atomic mass is 32.1. The Hall–Kier alpha value is -2.54. The minimum atomic E-state index is -0.415. The molecule has 2 aliphatic heterocycles. The van der Waals surface area contributed by atoms with Gasteiger partial charge in [-0.05, 0) is 36.4 Å². The zero-order valence-corrected chi connectivity index (χ0v) is 15.0. The maximum Gasteiger partial charge on any atom is 0.264 e. The van der Waals surface area contributed by atoms with E-state index in [0.29, 0.717) is 36.7 Å². The molecule has 0 saturated carbocycles. The van der Waals surface area contributed by atoms with Gasteiger partial charge in [-0.15, -0.1) is 11.3 Å². The Morgan fingerprint density at radius 1 is 1.19 bits per heavy atom. The summed E-state index contributed by atoms with van der Waals surface area (Å²) in [4.78, 5) is 27.5. The van der Waals surface area contributed by atoms with E-state index < -0.39 is 6.04 Å². The van der Waals surface area contributed by atoms with Crippen molar-refractivity contribution in [2.45, 2.75) is 25.0 Å². The third kappa shape index (κ3) is 3.39. The molecule has 3 heterocycles. The van der Waals surface area contributed by atoms with Crippen LogP contribution in [0, 0.1) is 0 Å². The maximum absolute atomic E-state index is 12.6. The molecule has 6 nitrogen and oxygen atoms in total. The van der Waals surface area contributed by atoms with Crippen LogP contribution in [0.25, 0.3) is 0 Å². The topological polar surface area (TPSA) is 67.9 Å². The smallest absolute Gasteiger partial charge is 0.264 e. The number of ether oxygens (including phenoxy) is 2. The van der Waals surface area contributed by atoms with E-state index in [-0.39, 0.29) is 17.9 Å². The fourth-order valence-electron chi connectivity index (χ4n) is 3.32. The van der Waals surface area contributed by atoms with Crippen LogP contribution in [0.5, 0.6) is 11.5 Å². The van der Waals surface area contributed by atoms with Crippen molar-refractivity contribution in [2.24, 2.45) is 0 Å². The van der Waals surface area contributed by atoms with Crippen molar-refractivity contribution < 1.29 is 19.1 Å². The molecule has 2 amide bonds. The Morgan fingerprint density at radius 3 is 2.85 bits per heavy atom. The van der Waals surface area contributed by atoms with Crippen molar-refractivity contribution in [3.8, 4) is 11.5 Å². The molecule has 0 radical (unpaired) electrons. The lowest BCUT2D eigenvalue weighted by atomic mass is 10.2. The molecule has 2 aromatic rings. The van der Waals surface area contributed by atoms with E-state index in [1.54, 1.807) is 11.0 Å². The minimum absolute atomic E-state index is 0.0659. The van der Waals surface area contributed by atoms with Crippen LogP contribution in [0.4, 0.5) is 0 Å². The molecule has 4 rings (SSSR count). The van der Waals surface area contributed by atoms with Crippen LogP contribution in [0.15, 0.2) is 41.8 Å². The molecule has 2 atom stereocenters. The molecule has 1 aromatic heterocycles. The monoisotopic (exact) mass is 372 g/mol. The van der Waals surface area contributed by atoms with Gasteiger partial charge in [-0.25, -0.2) is 0 Å². The van der Waals surface area contributed by atoms with Crippen LogP contribution < -0.4 is 14.8 Å². The summed E-state index contributed by atoms with van der Waals surface area (Å²) in [7, 11) is 0. The van der Waals surface area contributed by atoms with Gasteiger partial charge in [-0.2, -0.15) is 0 Å². The number of nitrogens with zero attached hydrogens (tertiary/aromatic N) is 1. The number of nitrogens with one attached hydrogen (secondary N) is 1. The van der Waals surface area contributed by atoms with Crippen molar-refractivity contribution in [3.63, 3.8) is 0 Å². The van der Waals surface area contributed by atoms with Gasteiger partial charge in [0.2, 0.25) is 5.91 Å². The first kappa shape index (κ1) is 16.9. The number of likely N-dealkylation sites (tertiary alicyclic amines) is 1. The van der Waals surface area contributed by atoms with E-state index in [1.807, 2.05) is 35.7 Å². The number of hydrogen-bond acceptors (Lipinski definition) is 5. The number of benzene rings is 1. The van der Waals surface area contributed by atoms with E-state index in [9.17, 15) is 9.59 Å². The standard InChI is InChI=1S/C19H20N2O4S/c22-18(14-5-3-9-21(14)19(23)17-8-4-10-26-17)20-11-13-12-24-15-6-1-2-7-16(15)25-13/h1-2,4,6-8,10,13-14H,3,5,9,11-12H2,(H,20,22)/t13-,14-/m1/s1. The summed E-state index contributed by atoms with van der Waals surface area (Å²) in [5, 5.41) is 4.79. The van der Waals surface area contributed by atoms with Crippen molar-refractivity contribution in [1.82, 2.24) is 10.2 Å².